The van der Waals surface area contributed by atoms with Crippen LogP contribution in [0.4, 0.5) is 0 Å². The highest BCUT2D eigenvalue weighted by Gasteiger charge is 2.19. The maximum atomic E-state index is 12.2. The van der Waals surface area contributed by atoms with Crippen molar-refractivity contribution in [2.75, 3.05) is 0 Å². The molecule has 2 aromatic heterocycles. The number of hydrogen-bond donors (Lipinski definition) is 1. The number of aromatic amines is 1. The molecule has 0 saturated heterocycles. The van der Waals surface area contributed by atoms with Crippen molar-refractivity contribution in [3.63, 3.8) is 0 Å². The SMILES string of the molecule is Cc1c(C)c(C)c2c(oc3c(=O)c(C#N)c[nH]c32)c1C. The second kappa shape index (κ2) is 3.97. The molecule has 0 amide bonds. The lowest BCUT2D eigenvalue weighted by molar-refractivity contribution is 0.660. The minimum Gasteiger partial charge on any atom is -0.450 e. The van der Waals surface area contributed by atoms with E-state index >= 15 is 0 Å². The zero-order valence-electron chi connectivity index (χ0n) is 11.8. The van der Waals surface area contributed by atoms with E-state index in [0.29, 0.717) is 5.52 Å². The number of rotatable bonds is 0. The minimum absolute atomic E-state index is 0.0697. The molecule has 0 unspecified atom stereocenters. The molecule has 1 aromatic carbocycles. The van der Waals surface area contributed by atoms with Crippen molar-refractivity contribution < 1.29 is 4.42 Å². The fourth-order valence-corrected chi connectivity index (χ4v) is 2.69. The maximum Gasteiger partial charge on any atom is 0.242 e. The van der Waals surface area contributed by atoms with Gasteiger partial charge in [-0.1, -0.05) is 0 Å². The number of H-pyrrole nitrogens is 1. The highest BCUT2D eigenvalue weighted by molar-refractivity contribution is 6.06. The summed E-state index contributed by atoms with van der Waals surface area (Å²) in [6.45, 7) is 8.13. The van der Waals surface area contributed by atoms with E-state index in [2.05, 4.69) is 11.9 Å². The van der Waals surface area contributed by atoms with Crippen LogP contribution < -0.4 is 5.43 Å². The molecule has 2 heterocycles. The molecule has 4 nitrogen and oxygen atoms in total. The summed E-state index contributed by atoms with van der Waals surface area (Å²) in [5.74, 6) is 0. The van der Waals surface area contributed by atoms with E-state index in [1.54, 1.807) is 0 Å². The largest absolute Gasteiger partial charge is 0.450 e. The van der Waals surface area contributed by atoms with Gasteiger partial charge < -0.3 is 9.40 Å². The van der Waals surface area contributed by atoms with Crippen molar-refractivity contribution in [3.05, 3.63) is 44.2 Å². The van der Waals surface area contributed by atoms with Gasteiger partial charge in [-0.15, -0.1) is 0 Å². The number of fused-ring (bicyclic) bond motifs is 3. The molecular weight excluding hydrogens is 252 g/mol. The lowest BCUT2D eigenvalue weighted by atomic mass is 9.95. The maximum absolute atomic E-state index is 12.2. The zero-order chi connectivity index (χ0) is 14.6. The van der Waals surface area contributed by atoms with Crippen molar-refractivity contribution in [3.8, 4) is 6.07 Å². The Morgan fingerprint density at radius 2 is 1.70 bits per heavy atom. The number of nitriles is 1. The first-order valence-corrected chi connectivity index (χ1v) is 6.41. The Bertz CT molecular complexity index is 968. The Labute approximate surface area is 115 Å². The molecule has 100 valence electrons. The zero-order valence-corrected chi connectivity index (χ0v) is 11.8. The Kier molecular flexibility index (Phi) is 2.48. The fraction of sp³-hybridized carbons (Fsp3) is 0.250. The second-order valence-electron chi connectivity index (χ2n) is 5.15. The van der Waals surface area contributed by atoms with E-state index in [1.807, 2.05) is 26.8 Å². The molecule has 4 heteroatoms. The van der Waals surface area contributed by atoms with Crippen molar-refractivity contribution in [2.45, 2.75) is 27.7 Å². The number of furan rings is 1. The number of aryl methyl sites for hydroxylation is 2. The second-order valence-corrected chi connectivity index (χ2v) is 5.15. The molecule has 20 heavy (non-hydrogen) atoms. The first-order valence-electron chi connectivity index (χ1n) is 6.41. The van der Waals surface area contributed by atoms with Crippen molar-refractivity contribution >= 4 is 22.1 Å². The van der Waals surface area contributed by atoms with Gasteiger partial charge in [0.25, 0.3) is 0 Å². The number of nitrogens with zero attached hydrogens (tertiary/aromatic N) is 1. The van der Waals surface area contributed by atoms with Crippen LogP contribution in [0.1, 0.15) is 27.8 Å². The summed E-state index contributed by atoms with van der Waals surface area (Å²) in [5.41, 5.74) is 5.84. The van der Waals surface area contributed by atoms with Crippen LogP contribution in [-0.4, -0.2) is 4.98 Å². The van der Waals surface area contributed by atoms with Gasteiger partial charge in [0.05, 0.1) is 5.52 Å². The van der Waals surface area contributed by atoms with Crippen LogP contribution in [0.3, 0.4) is 0 Å². The third-order valence-corrected chi connectivity index (χ3v) is 4.24. The molecule has 3 aromatic rings. The Morgan fingerprint density at radius 3 is 2.35 bits per heavy atom. The first-order chi connectivity index (χ1) is 9.47. The van der Waals surface area contributed by atoms with Crippen LogP contribution >= 0.6 is 0 Å². The molecular formula is C16H14N2O2. The summed E-state index contributed by atoms with van der Waals surface area (Å²) >= 11 is 0. The van der Waals surface area contributed by atoms with Crippen LogP contribution in [0.5, 0.6) is 0 Å². The van der Waals surface area contributed by atoms with Crippen LogP contribution in [0.2, 0.25) is 0 Å². The van der Waals surface area contributed by atoms with Crippen LogP contribution in [0.15, 0.2) is 15.4 Å². The molecule has 0 spiro atoms. The van der Waals surface area contributed by atoms with Gasteiger partial charge in [0.1, 0.15) is 17.2 Å². The molecule has 0 aliphatic carbocycles. The van der Waals surface area contributed by atoms with E-state index in [-0.39, 0.29) is 16.6 Å². The van der Waals surface area contributed by atoms with Crippen LogP contribution in [0, 0.1) is 39.0 Å². The highest BCUT2D eigenvalue weighted by atomic mass is 16.3. The molecule has 0 radical (unpaired) electrons. The summed E-state index contributed by atoms with van der Waals surface area (Å²) in [7, 11) is 0. The lowest BCUT2D eigenvalue weighted by Crippen LogP contribution is -2.05. The number of hydrogen-bond acceptors (Lipinski definition) is 3. The fourth-order valence-electron chi connectivity index (χ4n) is 2.69. The number of aromatic nitrogens is 1. The average molecular weight is 266 g/mol. The van der Waals surface area contributed by atoms with E-state index < -0.39 is 0 Å². The first kappa shape index (κ1) is 12.5. The third kappa shape index (κ3) is 1.38. The Morgan fingerprint density at radius 1 is 1.05 bits per heavy atom. The molecule has 0 bridgehead atoms. The van der Waals surface area contributed by atoms with Gasteiger partial charge in [0.2, 0.25) is 5.43 Å². The van der Waals surface area contributed by atoms with Crippen LogP contribution in [-0.2, 0) is 0 Å². The molecule has 0 saturated carbocycles. The molecule has 0 atom stereocenters. The Hall–Kier alpha value is -2.54. The van der Waals surface area contributed by atoms with Crippen molar-refractivity contribution in [2.24, 2.45) is 0 Å². The molecule has 3 rings (SSSR count). The lowest BCUT2D eigenvalue weighted by Gasteiger charge is -2.09. The molecule has 0 fully saturated rings. The molecule has 0 aliphatic heterocycles. The van der Waals surface area contributed by atoms with Gasteiger partial charge >= 0.3 is 0 Å². The molecule has 0 aliphatic rings. The number of pyridine rings is 1. The van der Waals surface area contributed by atoms with Gasteiger partial charge in [-0.2, -0.15) is 5.26 Å². The summed E-state index contributed by atoms with van der Waals surface area (Å²) in [4.78, 5) is 15.2. The summed E-state index contributed by atoms with van der Waals surface area (Å²) in [5, 5.41) is 9.87. The highest BCUT2D eigenvalue weighted by Crippen LogP contribution is 2.34. The smallest absolute Gasteiger partial charge is 0.242 e. The van der Waals surface area contributed by atoms with E-state index in [1.165, 1.54) is 17.3 Å². The van der Waals surface area contributed by atoms with E-state index in [0.717, 1.165) is 22.1 Å². The standard InChI is InChI=1S/C16H14N2O2/c1-7-8(2)10(4)15-12(9(7)3)13-16(20-15)14(19)11(5-17)6-18-13/h6H,1-4H3,(H,18,19). The summed E-state index contributed by atoms with van der Waals surface area (Å²) in [6, 6.07) is 1.88. The predicted octanol–water partition coefficient (Wildman–Crippen LogP) is 3.38. The Balaban J connectivity index is 2.67. The van der Waals surface area contributed by atoms with Gasteiger partial charge in [-0.05, 0) is 49.9 Å². The minimum atomic E-state index is -0.355. The van der Waals surface area contributed by atoms with E-state index in [4.69, 9.17) is 9.68 Å². The third-order valence-electron chi connectivity index (χ3n) is 4.24. The number of benzene rings is 1. The normalized spacial score (nSPS) is 11.2. The van der Waals surface area contributed by atoms with Gasteiger partial charge in [0.15, 0.2) is 5.58 Å². The van der Waals surface area contributed by atoms with Gasteiger partial charge in [-0.3, -0.25) is 4.79 Å². The van der Waals surface area contributed by atoms with Crippen molar-refractivity contribution in [1.29, 1.82) is 5.26 Å². The van der Waals surface area contributed by atoms with Gasteiger partial charge in [0, 0.05) is 11.6 Å². The van der Waals surface area contributed by atoms with Crippen LogP contribution in [0.25, 0.3) is 22.1 Å². The monoisotopic (exact) mass is 266 g/mol. The summed E-state index contributed by atoms with van der Waals surface area (Å²) < 4.78 is 5.78. The van der Waals surface area contributed by atoms with Crippen molar-refractivity contribution in [1.82, 2.24) is 4.98 Å². The van der Waals surface area contributed by atoms with E-state index in [9.17, 15) is 4.79 Å². The average Bonchev–Trinajstić information content (AvgIpc) is 2.84. The quantitative estimate of drug-likeness (QED) is 0.678. The number of nitrogens with one attached hydrogen (secondary N) is 1. The predicted molar refractivity (Wildman–Crippen MR) is 78.0 cm³/mol. The summed E-state index contributed by atoms with van der Waals surface area (Å²) in [6.07, 6.45) is 1.45. The topological polar surface area (TPSA) is 69.8 Å². The molecule has 1 N–H and O–H groups in total. The van der Waals surface area contributed by atoms with Gasteiger partial charge in [-0.25, -0.2) is 0 Å².